The van der Waals surface area contributed by atoms with Crippen molar-refractivity contribution in [3.05, 3.63) is 99.1 Å². The molecule has 198 valence electrons. The maximum absolute atomic E-state index is 14.1. The van der Waals surface area contributed by atoms with E-state index >= 15 is 0 Å². The number of para-hydroxylation sites is 1. The van der Waals surface area contributed by atoms with E-state index in [9.17, 15) is 18.4 Å². The summed E-state index contributed by atoms with van der Waals surface area (Å²) in [7, 11) is 1.49. The van der Waals surface area contributed by atoms with Crippen molar-refractivity contribution in [1.82, 2.24) is 14.9 Å². The van der Waals surface area contributed by atoms with E-state index in [1.54, 1.807) is 63.2 Å². The Bertz CT molecular complexity index is 1550. The second-order valence-electron chi connectivity index (χ2n) is 9.63. The van der Waals surface area contributed by atoms with Gasteiger partial charge in [0.15, 0.2) is 0 Å². The lowest BCUT2D eigenvalue weighted by Crippen LogP contribution is -2.39. The molecule has 38 heavy (non-hydrogen) atoms. The van der Waals surface area contributed by atoms with E-state index < -0.39 is 34.9 Å². The molecule has 1 unspecified atom stereocenters. The van der Waals surface area contributed by atoms with Gasteiger partial charge in [-0.2, -0.15) is 0 Å². The Hall–Kier alpha value is -3.98. The number of hydrogen-bond acceptors (Lipinski definition) is 5. The van der Waals surface area contributed by atoms with Gasteiger partial charge in [-0.25, -0.2) is 18.6 Å². The van der Waals surface area contributed by atoms with Gasteiger partial charge in [0, 0.05) is 18.6 Å². The van der Waals surface area contributed by atoms with E-state index in [0.717, 1.165) is 18.2 Å². The molecular weight excluding hydrogens is 516 g/mol. The number of methoxy groups -OCH3 is 1. The molecule has 1 heterocycles. The zero-order valence-corrected chi connectivity index (χ0v) is 22.0. The number of fused-ring (bicyclic) bond motifs is 1. The molecule has 1 aromatic heterocycles. The Balaban J connectivity index is 1.95. The van der Waals surface area contributed by atoms with Gasteiger partial charge in [-0.1, -0.05) is 23.7 Å². The fourth-order valence-electron chi connectivity index (χ4n) is 4.03. The summed E-state index contributed by atoms with van der Waals surface area (Å²) in [5.41, 5.74) is -0.380. The Kier molecular flexibility index (Phi) is 7.68. The number of carbonyl (C=O) groups excluding carboxylic acids is 1. The lowest BCUT2D eigenvalue weighted by molar-refractivity contribution is 0.0500. The molecule has 0 aliphatic rings. The van der Waals surface area contributed by atoms with Crippen LogP contribution in [0, 0.1) is 11.6 Å². The van der Waals surface area contributed by atoms with Crippen molar-refractivity contribution in [1.29, 1.82) is 0 Å². The molecular formula is C28H26ClF2N3O4. The summed E-state index contributed by atoms with van der Waals surface area (Å²) in [6.07, 6.45) is -0.902. The highest BCUT2D eigenvalue weighted by Crippen LogP contribution is 2.29. The Morgan fingerprint density at radius 3 is 2.39 bits per heavy atom. The average molecular weight is 542 g/mol. The SMILES string of the molecule is COc1ccc(-n2c(C(Cc3cc(F)cc(F)c3)NC(=O)OC(C)(C)C)nc3ccccc3c2=O)c(Cl)c1. The molecule has 1 amide bonds. The summed E-state index contributed by atoms with van der Waals surface area (Å²) in [4.78, 5) is 31.4. The van der Waals surface area contributed by atoms with Crippen LogP contribution in [0.3, 0.4) is 0 Å². The number of benzene rings is 3. The number of aromatic nitrogens is 2. The van der Waals surface area contributed by atoms with Gasteiger partial charge >= 0.3 is 6.09 Å². The van der Waals surface area contributed by atoms with Crippen LogP contribution >= 0.6 is 11.6 Å². The average Bonchev–Trinajstić information content (AvgIpc) is 2.82. The maximum atomic E-state index is 14.1. The van der Waals surface area contributed by atoms with Crippen LogP contribution in [0.4, 0.5) is 13.6 Å². The third-order valence-corrected chi connectivity index (χ3v) is 5.86. The van der Waals surface area contributed by atoms with E-state index in [-0.39, 0.29) is 28.5 Å². The molecule has 0 saturated heterocycles. The molecule has 1 atom stereocenters. The number of nitrogens with one attached hydrogen (secondary N) is 1. The van der Waals surface area contributed by atoms with Crippen molar-refractivity contribution in [2.75, 3.05) is 7.11 Å². The molecule has 0 bridgehead atoms. The zero-order valence-electron chi connectivity index (χ0n) is 21.2. The molecule has 0 fully saturated rings. The van der Waals surface area contributed by atoms with Gasteiger partial charge in [-0.3, -0.25) is 9.36 Å². The first kappa shape index (κ1) is 27.1. The number of halogens is 3. The zero-order chi connectivity index (χ0) is 27.6. The summed E-state index contributed by atoms with van der Waals surface area (Å²) in [5, 5.41) is 3.23. The van der Waals surface area contributed by atoms with Crippen LogP contribution in [0.15, 0.2) is 65.5 Å². The number of amides is 1. The molecule has 3 aromatic carbocycles. The first-order valence-electron chi connectivity index (χ1n) is 11.8. The van der Waals surface area contributed by atoms with Crippen LogP contribution in [-0.4, -0.2) is 28.4 Å². The van der Waals surface area contributed by atoms with Gasteiger partial charge in [0.05, 0.1) is 34.8 Å². The van der Waals surface area contributed by atoms with Crippen LogP contribution in [0.2, 0.25) is 5.02 Å². The minimum atomic E-state index is -1.04. The van der Waals surface area contributed by atoms with Gasteiger partial charge in [-0.15, -0.1) is 0 Å². The first-order chi connectivity index (χ1) is 17.9. The van der Waals surface area contributed by atoms with Crippen molar-refractivity contribution < 1.29 is 23.0 Å². The van der Waals surface area contributed by atoms with Gasteiger partial charge in [0.1, 0.15) is 28.8 Å². The lowest BCUT2D eigenvalue weighted by atomic mass is 10.0. The van der Waals surface area contributed by atoms with Crippen LogP contribution in [0.5, 0.6) is 5.75 Å². The van der Waals surface area contributed by atoms with Gasteiger partial charge in [0.2, 0.25) is 0 Å². The molecule has 4 aromatic rings. The van der Waals surface area contributed by atoms with Crippen LogP contribution in [-0.2, 0) is 11.2 Å². The highest BCUT2D eigenvalue weighted by molar-refractivity contribution is 6.32. The molecule has 0 aliphatic carbocycles. The third-order valence-electron chi connectivity index (χ3n) is 5.56. The number of alkyl carbamates (subject to hydrolysis) is 1. The monoisotopic (exact) mass is 541 g/mol. The highest BCUT2D eigenvalue weighted by atomic mass is 35.5. The number of carbonyl (C=O) groups is 1. The molecule has 4 rings (SSSR count). The standard InChI is InChI=1S/C28H26ClF2N3O4/c1-28(2,3)38-27(36)33-23(13-16-11-17(30)14-18(31)12-16)25-32-22-8-6-5-7-20(22)26(35)34(25)24-10-9-19(37-4)15-21(24)29/h5-12,14-15,23H,13H2,1-4H3,(H,33,36). The smallest absolute Gasteiger partial charge is 0.408 e. The summed E-state index contributed by atoms with van der Waals surface area (Å²) in [6, 6.07) is 13.5. The number of hydrogen-bond donors (Lipinski definition) is 1. The van der Waals surface area contributed by atoms with Crippen molar-refractivity contribution in [3.63, 3.8) is 0 Å². The van der Waals surface area contributed by atoms with Crippen molar-refractivity contribution in [2.45, 2.75) is 38.8 Å². The van der Waals surface area contributed by atoms with Gasteiger partial charge < -0.3 is 14.8 Å². The van der Waals surface area contributed by atoms with E-state index in [1.807, 2.05) is 0 Å². The summed E-state index contributed by atoms with van der Waals surface area (Å²) >= 11 is 6.56. The fraction of sp³-hybridized carbons (Fsp3) is 0.250. The van der Waals surface area contributed by atoms with Gasteiger partial charge in [-0.05, 0) is 62.7 Å². The molecule has 1 N–H and O–H groups in total. The predicted octanol–water partition coefficient (Wildman–Crippen LogP) is 6.13. The van der Waals surface area contributed by atoms with E-state index in [4.69, 9.17) is 26.1 Å². The molecule has 0 spiro atoms. The Morgan fingerprint density at radius 2 is 1.76 bits per heavy atom. The highest BCUT2D eigenvalue weighted by Gasteiger charge is 2.27. The molecule has 7 nitrogen and oxygen atoms in total. The molecule has 10 heteroatoms. The molecule has 0 saturated carbocycles. The maximum Gasteiger partial charge on any atom is 0.408 e. The molecule has 0 aliphatic heterocycles. The van der Waals surface area contributed by atoms with Gasteiger partial charge in [0.25, 0.3) is 5.56 Å². The minimum absolute atomic E-state index is 0.0938. The molecule has 0 radical (unpaired) electrons. The van der Waals surface area contributed by atoms with E-state index in [0.29, 0.717) is 16.7 Å². The second kappa shape index (κ2) is 10.8. The van der Waals surface area contributed by atoms with Crippen LogP contribution in [0.25, 0.3) is 16.6 Å². The van der Waals surface area contributed by atoms with Crippen molar-refractivity contribution in [3.8, 4) is 11.4 Å². The van der Waals surface area contributed by atoms with Crippen LogP contribution < -0.4 is 15.6 Å². The predicted molar refractivity (Wildman–Crippen MR) is 141 cm³/mol. The fourth-order valence-corrected chi connectivity index (χ4v) is 4.29. The Morgan fingerprint density at radius 1 is 1.08 bits per heavy atom. The van der Waals surface area contributed by atoms with E-state index in [2.05, 4.69) is 5.32 Å². The number of nitrogens with zero attached hydrogens (tertiary/aromatic N) is 2. The largest absolute Gasteiger partial charge is 0.497 e. The second-order valence-corrected chi connectivity index (χ2v) is 10.0. The first-order valence-corrected chi connectivity index (χ1v) is 12.1. The number of ether oxygens (including phenoxy) is 2. The summed E-state index contributed by atoms with van der Waals surface area (Å²) < 4.78 is 40.1. The van der Waals surface area contributed by atoms with E-state index in [1.165, 1.54) is 11.7 Å². The normalized spacial score (nSPS) is 12.3. The van der Waals surface area contributed by atoms with Crippen molar-refractivity contribution in [2.24, 2.45) is 0 Å². The van der Waals surface area contributed by atoms with Crippen LogP contribution in [0.1, 0.15) is 38.2 Å². The minimum Gasteiger partial charge on any atom is -0.497 e. The topological polar surface area (TPSA) is 82.4 Å². The third kappa shape index (κ3) is 6.11. The van der Waals surface area contributed by atoms with Crippen molar-refractivity contribution >= 4 is 28.6 Å². The summed E-state index contributed by atoms with van der Waals surface area (Å²) in [5.74, 6) is -0.992. The summed E-state index contributed by atoms with van der Waals surface area (Å²) in [6.45, 7) is 5.10. The number of rotatable bonds is 6. The lowest BCUT2D eigenvalue weighted by Gasteiger charge is -2.26. The quantitative estimate of drug-likeness (QED) is 0.317. The Labute approximate surface area is 223 Å².